The number of nitrogens with one attached hydrogen (secondary N) is 1. The average molecular weight is 676 g/mol. The molecule has 1 aliphatic carbocycles. The van der Waals surface area contributed by atoms with Crippen LogP contribution in [0.15, 0.2) is 60.2 Å². The predicted octanol–water partition coefficient (Wildman–Crippen LogP) is 7.23. The van der Waals surface area contributed by atoms with Crippen molar-refractivity contribution in [1.82, 2.24) is 5.32 Å². The molecule has 0 unspecified atom stereocenters. The largest absolute Gasteiger partial charge is 0.487 e. The summed E-state index contributed by atoms with van der Waals surface area (Å²) in [4.78, 5) is 12.8. The summed E-state index contributed by atoms with van der Waals surface area (Å²) in [5, 5.41) is 15.1. The van der Waals surface area contributed by atoms with E-state index in [0.717, 1.165) is 43.3 Å². The van der Waals surface area contributed by atoms with Crippen LogP contribution in [0.3, 0.4) is 0 Å². The molecule has 174 valence electrons. The zero-order valence-electron chi connectivity index (χ0n) is 19.0. The molecule has 0 heterocycles. The fourth-order valence-corrected chi connectivity index (χ4v) is 6.59. The van der Waals surface area contributed by atoms with Crippen LogP contribution in [-0.2, 0) is 11.4 Å². The molecular formula is C28H26I2N2O2. The molecule has 0 bridgehead atoms. The highest BCUT2D eigenvalue weighted by atomic mass is 127. The fourth-order valence-electron chi connectivity index (χ4n) is 4.46. The van der Waals surface area contributed by atoms with Gasteiger partial charge in [0.1, 0.15) is 24.0 Å². The van der Waals surface area contributed by atoms with Crippen LogP contribution < -0.4 is 10.1 Å². The summed E-state index contributed by atoms with van der Waals surface area (Å²) in [7, 11) is 0. The summed E-state index contributed by atoms with van der Waals surface area (Å²) in [5.74, 6) is 0.963. The maximum absolute atomic E-state index is 12.8. The van der Waals surface area contributed by atoms with Gasteiger partial charge in [-0.3, -0.25) is 4.79 Å². The normalized spacial score (nSPS) is 18.4. The first-order valence-electron chi connectivity index (χ1n) is 11.5. The molecule has 3 aromatic rings. The van der Waals surface area contributed by atoms with E-state index in [1.165, 1.54) is 17.2 Å². The van der Waals surface area contributed by atoms with E-state index in [1.807, 2.05) is 30.3 Å². The molecule has 4 rings (SSSR count). The minimum atomic E-state index is -0.289. The van der Waals surface area contributed by atoms with E-state index in [9.17, 15) is 10.1 Å². The number of rotatable bonds is 6. The SMILES string of the molecule is C[C@@H]1CCCC[C@@H]1NC(=O)/C(C#N)=C/c1cc(I)c(OCc2cccc3ccccc23)c(I)c1. The Bertz CT molecular complexity index is 1250. The summed E-state index contributed by atoms with van der Waals surface area (Å²) in [5.41, 5.74) is 2.08. The molecule has 1 fully saturated rings. The summed E-state index contributed by atoms with van der Waals surface area (Å²) < 4.78 is 8.11. The van der Waals surface area contributed by atoms with Crippen molar-refractivity contribution < 1.29 is 9.53 Å². The van der Waals surface area contributed by atoms with Gasteiger partial charge in [-0.2, -0.15) is 5.26 Å². The van der Waals surface area contributed by atoms with Crippen LogP contribution in [0.25, 0.3) is 16.8 Å². The third-order valence-electron chi connectivity index (χ3n) is 6.38. The van der Waals surface area contributed by atoms with Gasteiger partial charge in [-0.05, 0) is 104 Å². The average Bonchev–Trinajstić information content (AvgIpc) is 2.83. The molecule has 0 aliphatic heterocycles. The lowest BCUT2D eigenvalue weighted by molar-refractivity contribution is -0.118. The van der Waals surface area contributed by atoms with Gasteiger partial charge in [0, 0.05) is 6.04 Å². The van der Waals surface area contributed by atoms with Gasteiger partial charge in [-0.15, -0.1) is 0 Å². The number of benzene rings is 3. The Labute approximate surface area is 228 Å². The lowest BCUT2D eigenvalue weighted by Crippen LogP contribution is -2.41. The Morgan fingerprint density at radius 1 is 1.12 bits per heavy atom. The van der Waals surface area contributed by atoms with Gasteiger partial charge in [0.2, 0.25) is 0 Å². The maximum Gasteiger partial charge on any atom is 0.262 e. The Kier molecular flexibility index (Phi) is 8.48. The van der Waals surface area contributed by atoms with Gasteiger partial charge < -0.3 is 10.1 Å². The van der Waals surface area contributed by atoms with E-state index in [1.54, 1.807) is 6.08 Å². The van der Waals surface area contributed by atoms with Gasteiger partial charge in [0.15, 0.2) is 0 Å². The number of nitriles is 1. The lowest BCUT2D eigenvalue weighted by Gasteiger charge is -2.29. The molecule has 0 saturated heterocycles. The second-order valence-electron chi connectivity index (χ2n) is 8.75. The van der Waals surface area contributed by atoms with E-state index < -0.39 is 0 Å². The molecule has 0 spiro atoms. The van der Waals surface area contributed by atoms with Crippen LogP contribution in [0, 0.1) is 24.4 Å². The number of carbonyl (C=O) groups excluding carboxylic acids is 1. The Hall–Kier alpha value is -2.12. The van der Waals surface area contributed by atoms with E-state index >= 15 is 0 Å². The highest BCUT2D eigenvalue weighted by Gasteiger charge is 2.24. The first-order chi connectivity index (χ1) is 16.5. The first kappa shape index (κ1) is 25.0. The highest BCUT2D eigenvalue weighted by Crippen LogP contribution is 2.31. The molecule has 6 heteroatoms. The number of hydrogen-bond acceptors (Lipinski definition) is 3. The molecule has 0 aromatic heterocycles. The molecule has 34 heavy (non-hydrogen) atoms. The summed E-state index contributed by atoms with van der Waals surface area (Å²) >= 11 is 4.51. The third-order valence-corrected chi connectivity index (χ3v) is 7.98. The summed E-state index contributed by atoms with van der Waals surface area (Å²) in [6.45, 7) is 2.63. The van der Waals surface area contributed by atoms with Crippen molar-refractivity contribution in [1.29, 1.82) is 5.26 Å². The van der Waals surface area contributed by atoms with Crippen molar-refractivity contribution in [2.75, 3.05) is 0 Å². The van der Waals surface area contributed by atoms with Gasteiger partial charge in [-0.1, -0.05) is 62.2 Å². The molecule has 2 atom stereocenters. The Balaban J connectivity index is 1.50. The van der Waals surface area contributed by atoms with Gasteiger partial charge in [-0.25, -0.2) is 0 Å². The number of fused-ring (bicyclic) bond motifs is 1. The Morgan fingerprint density at radius 3 is 2.56 bits per heavy atom. The van der Waals surface area contributed by atoms with Gasteiger partial charge >= 0.3 is 0 Å². The maximum atomic E-state index is 12.8. The van der Waals surface area contributed by atoms with E-state index in [4.69, 9.17) is 4.74 Å². The van der Waals surface area contributed by atoms with E-state index in [0.29, 0.717) is 12.5 Å². The number of ether oxygens (including phenoxy) is 1. The quantitative estimate of drug-likeness (QED) is 0.170. The van der Waals surface area contributed by atoms with Crippen LogP contribution >= 0.6 is 45.2 Å². The zero-order valence-corrected chi connectivity index (χ0v) is 23.3. The third kappa shape index (κ3) is 5.92. The molecule has 4 nitrogen and oxygen atoms in total. The molecule has 3 aromatic carbocycles. The van der Waals surface area contributed by atoms with Crippen LogP contribution in [0.5, 0.6) is 5.75 Å². The van der Waals surface area contributed by atoms with Crippen LogP contribution in [0.4, 0.5) is 0 Å². The van der Waals surface area contributed by atoms with Crippen LogP contribution in [0.2, 0.25) is 0 Å². The number of nitrogens with zero attached hydrogens (tertiary/aromatic N) is 1. The van der Waals surface area contributed by atoms with E-state index in [-0.39, 0.29) is 17.5 Å². The second kappa shape index (κ2) is 11.5. The van der Waals surface area contributed by atoms with Gasteiger partial charge in [0.05, 0.1) is 7.14 Å². The van der Waals surface area contributed by atoms with Gasteiger partial charge in [0.25, 0.3) is 5.91 Å². The summed E-state index contributed by atoms with van der Waals surface area (Å²) in [6, 6.07) is 20.7. The van der Waals surface area contributed by atoms with Crippen LogP contribution in [-0.4, -0.2) is 11.9 Å². The fraction of sp³-hybridized carbons (Fsp3) is 0.286. The Morgan fingerprint density at radius 2 is 1.82 bits per heavy atom. The van der Waals surface area contributed by atoms with Crippen molar-refractivity contribution in [3.05, 3.63) is 78.4 Å². The number of hydrogen-bond donors (Lipinski definition) is 1. The first-order valence-corrected chi connectivity index (χ1v) is 13.6. The molecule has 1 aliphatic rings. The minimum Gasteiger partial charge on any atom is -0.487 e. The smallest absolute Gasteiger partial charge is 0.262 e. The van der Waals surface area contributed by atoms with Crippen molar-refractivity contribution in [2.45, 2.75) is 45.3 Å². The lowest BCUT2D eigenvalue weighted by atomic mass is 9.86. The standard InChI is InChI=1S/C28H26I2N2O2/c1-18-7-2-5-12-26(18)32-28(33)22(16-31)13-19-14-24(29)27(25(30)15-19)34-17-21-10-6-9-20-8-3-4-11-23(20)21/h3-4,6,8-11,13-15,18,26H,2,5,7,12,17H2,1H3,(H,32,33)/b22-13+/t18-,26+/m1/s1. The molecule has 0 radical (unpaired) electrons. The van der Waals surface area contributed by atoms with Crippen molar-refractivity contribution in [2.24, 2.45) is 5.92 Å². The van der Waals surface area contributed by atoms with Crippen LogP contribution in [0.1, 0.15) is 43.7 Å². The summed E-state index contributed by atoms with van der Waals surface area (Å²) in [6.07, 6.45) is 6.09. The highest BCUT2D eigenvalue weighted by molar-refractivity contribution is 14.1. The molecule has 1 saturated carbocycles. The molecule has 1 amide bonds. The van der Waals surface area contributed by atoms with E-state index in [2.05, 4.69) is 87.8 Å². The number of amides is 1. The topological polar surface area (TPSA) is 62.1 Å². The zero-order chi connectivity index (χ0) is 24.1. The number of carbonyl (C=O) groups is 1. The number of halogens is 2. The molecular weight excluding hydrogens is 650 g/mol. The molecule has 1 N–H and O–H groups in total. The monoisotopic (exact) mass is 676 g/mol. The van der Waals surface area contributed by atoms with Crippen molar-refractivity contribution >= 4 is 67.9 Å². The predicted molar refractivity (Wildman–Crippen MR) is 153 cm³/mol. The van der Waals surface area contributed by atoms with Crippen molar-refractivity contribution in [3.63, 3.8) is 0 Å². The van der Waals surface area contributed by atoms with Crippen molar-refractivity contribution in [3.8, 4) is 11.8 Å². The minimum absolute atomic E-state index is 0.133. The second-order valence-corrected chi connectivity index (χ2v) is 11.1.